The first-order valence-corrected chi connectivity index (χ1v) is 9.11. The van der Waals surface area contributed by atoms with Gasteiger partial charge in [-0.15, -0.1) is 0 Å². The molecule has 1 N–H and O–H groups in total. The van der Waals surface area contributed by atoms with Gasteiger partial charge in [0.05, 0.1) is 0 Å². The van der Waals surface area contributed by atoms with Crippen LogP contribution in [0.3, 0.4) is 0 Å². The van der Waals surface area contributed by atoms with Gasteiger partial charge in [0.1, 0.15) is 0 Å². The van der Waals surface area contributed by atoms with Crippen molar-refractivity contribution in [3.05, 3.63) is 0 Å². The Kier molecular flexibility index (Phi) is 4.02. The molecule has 0 bridgehead atoms. The van der Waals surface area contributed by atoms with Crippen molar-refractivity contribution < 1.29 is 0 Å². The van der Waals surface area contributed by atoms with Gasteiger partial charge < -0.3 is 10.2 Å². The molecule has 0 aromatic carbocycles. The molecule has 4 fully saturated rings. The van der Waals surface area contributed by atoms with Crippen LogP contribution in [0.1, 0.15) is 51.4 Å². The zero-order valence-electron chi connectivity index (χ0n) is 12.9. The lowest BCUT2D eigenvalue weighted by atomic mass is 9.85. The molecule has 3 heterocycles. The average Bonchev–Trinajstić information content (AvgIpc) is 3.01. The number of hydrogen-bond acceptors (Lipinski definition) is 3. The zero-order valence-corrected chi connectivity index (χ0v) is 12.9. The third kappa shape index (κ3) is 2.77. The Morgan fingerprint density at radius 1 is 0.900 bits per heavy atom. The molecular formula is C17H31N3. The molecule has 3 heteroatoms. The Balaban J connectivity index is 1.32. The van der Waals surface area contributed by atoms with E-state index in [1.165, 1.54) is 84.1 Å². The fourth-order valence-electron chi connectivity index (χ4n) is 5.33. The molecule has 1 saturated carbocycles. The van der Waals surface area contributed by atoms with Crippen molar-refractivity contribution in [2.24, 2.45) is 5.92 Å². The number of fused-ring (bicyclic) bond motifs is 2. The maximum Gasteiger partial charge on any atom is 0.0223 e. The second-order valence-electron chi connectivity index (χ2n) is 7.70. The number of hydrogen-bond donors (Lipinski definition) is 1. The van der Waals surface area contributed by atoms with Crippen LogP contribution in [0.4, 0.5) is 0 Å². The quantitative estimate of drug-likeness (QED) is 0.834. The van der Waals surface area contributed by atoms with Gasteiger partial charge in [-0.2, -0.15) is 0 Å². The summed E-state index contributed by atoms with van der Waals surface area (Å²) < 4.78 is 0. The van der Waals surface area contributed by atoms with Gasteiger partial charge in [0.15, 0.2) is 0 Å². The summed E-state index contributed by atoms with van der Waals surface area (Å²) in [6.07, 6.45) is 11.6. The van der Waals surface area contributed by atoms with E-state index in [2.05, 4.69) is 15.1 Å². The van der Waals surface area contributed by atoms with Gasteiger partial charge in [0, 0.05) is 31.2 Å². The summed E-state index contributed by atoms with van der Waals surface area (Å²) in [5.41, 5.74) is 0. The maximum atomic E-state index is 3.97. The molecule has 3 saturated heterocycles. The molecule has 0 radical (unpaired) electrons. The Morgan fingerprint density at radius 2 is 1.80 bits per heavy atom. The Bertz CT molecular complexity index is 318. The smallest absolute Gasteiger partial charge is 0.0223 e. The minimum Gasteiger partial charge on any atom is -0.310 e. The van der Waals surface area contributed by atoms with Crippen LogP contribution >= 0.6 is 0 Å². The Hall–Kier alpha value is -0.120. The van der Waals surface area contributed by atoms with E-state index < -0.39 is 0 Å². The predicted molar refractivity (Wildman–Crippen MR) is 82.9 cm³/mol. The van der Waals surface area contributed by atoms with Crippen LogP contribution in [-0.2, 0) is 0 Å². The summed E-state index contributed by atoms with van der Waals surface area (Å²) in [6.45, 7) is 6.71. The normalized spacial score (nSPS) is 43.2. The average molecular weight is 277 g/mol. The summed E-state index contributed by atoms with van der Waals surface area (Å²) in [7, 11) is 0. The van der Waals surface area contributed by atoms with E-state index >= 15 is 0 Å². The molecule has 0 aromatic rings. The molecule has 1 aliphatic carbocycles. The Labute approximate surface area is 124 Å². The van der Waals surface area contributed by atoms with E-state index in [1.54, 1.807) is 0 Å². The zero-order chi connectivity index (χ0) is 13.4. The fraction of sp³-hybridized carbons (Fsp3) is 1.00. The molecule has 3 aliphatic heterocycles. The summed E-state index contributed by atoms with van der Waals surface area (Å²) in [4.78, 5) is 5.53. The largest absolute Gasteiger partial charge is 0.310 e. The molecule has 4 aliphatic rings. The van der Waals surface area contributed by atoms with E-state index in [0.717, 1.165) is 24.0 Å². The Morgan fingerprint density at radius 3 is 2.75 bits per heavy atom. The molecule has 0 aromatic heterocycles. The summed E-state index contributed by atoms with van der Waals surface area (Å²) in [5.74, 6) is 1.00. The molecule has 0 amide bonds. The minimum atomic E-state index is 0.788. The molecule has 114 valence electrons. The third-order valence-corrected chi connectivity index (χ3v) is 6.31. The standard InChI is InChI=1S/C17H31N3/c1-2-7-17-14(5-1)11-15(18-17)12-19-8-4-10-20-9-3-6-16(20)13-19/h14-18H,1-13H2. The van der Waals surface area contributed by atoms with Crippen molar-refractivity contribution in [2.75, 3.05) is 32.7 Å². The second-order valence-corrected chi connectivity index (χ2v) is 7.70. The van der Waals surface area contributed by atoms with Crippen molar-refractivity contribution >= 4 is 0 Å². The van der Waals surface area contributed by atoms with Crippen LogP contribution in [0.5, 0.6) is 0 Å². The van der Waals surface area contributed by atoms with Crippen LogP contribution in [0, 0.1) is 5.92 Å². The first-order chi connectivity index (χ1) is 9.88. The van der Waals surface area contributed by atoms with Crippen molar-refractivity contribution in [3.8, 4) is 0 Å². The molecular weight excluding hydrogens is 246 g/mol. The molecule has 3 nitrogen and oxygen atoms in total. The predicted octanol–water partition coefficient (Wildman–Crippen LogP) is 2.08. The SMILES string of the molecule is C1CCC2NC(CN3CCCN4CCCC4C3)CC2C1. The van der Waals surface area contributed by atoms with Crippen LogP contribution in [0.25, 0.3) is 0 Å². The summed E-state index contributed by atoms with van der Waals surface area (Å²) in [5, 5.41) is 3.97. The molecule has 4 unspecified atom stereocenters. The third-order valence-electron chi connectivity index (χ3n) is 6.31. The highest BCUT2D eigenvalue weighted by molar-refractivity contribution is 4.95. The van der Waals surface area contributed by atoms with Crippen LogP contribution < -0.4 is 5.32 Å². The lowest BCUT2D eigenvalue weighted by Crippen LogP contribution is -2.43. The van der Waals surface area contributed by atoms with Gasteiger partial charge in [0.2, 0.25) is 0 Å². The highest BCUT2D eigenvalue weighted by Crippen LogP contribution is 2.33. The number of rotatable bonds is 2. The van der Waals surface area contributed by atoms with E-state index in [-0.39, 0.29) is 0 Å². The van der Waals surface area contributed by atoms with E-state index in [9.17, 15) is 0 Å². The molecule has 4 rings (SSSR count). The maximum absolute atomic E-state index is 3.97. The van der Waals surface area contributed by atoms with Crippen molar-refractivity contribution in [3.63, 3.8) is 0 Å². The topological polar surface area (TPSA) is 18.5 Å². The summed E-state index contributed by atoms with van der Waals surface area (Å²) in [6, 6.07) is 2.53. The number of nitrogens with one attached hydrogen (secondary N) is 1. The van der Waals surface area contributed by atoms with Crippen LogP contribution in [0.15, 0.2) is 0 Å². The van der Waals surface area contributed by atoms with Gasteiger partial charge in [-0.3, -0.25) is 4.90 Å². The van der Waals surface area contributed by atoms with E-state index in [4.69, 9.17) is 0 Å². The number of nitrogens with zero attached hydrogens (tertiary/aromatic N) is 2. The molecule has 20 heavy (non-hydrogen) atoms. The lowest BCUT2D eigenvalue weighted by molar-refractivity contribution is 0.208. The summed E-state index contributed by atoms with van der Waals surface area (Å²) >= 11 is 0. The van der Waals surface area contributed by atoms with Gasteiger partial charge >= 0.3 is 0 Å². The first kappa shape index (κ1) is 13.5. The van der Waals surface area contributed by atoms with E-state index in [0.29, 0.717) is 0 Å². The van der Waals surface area contributed by atoms with Crippen molar-refractivity contribution in [2.45, 2.75) is 69.5 Å². The first-order valence-electron chi connectivity index (χ1n) is 9.11. The van der Waals surface area contributed by atoms with Crippen LogP contribution in [-0.4, -0.2) is 60.6 Å². The fourth-order valence-corrected chi connectivity index (χ4v) is 5.33. The minimum absolute atomic E-state index is 0.788. The monoisotopic (exact) mass is 277 g/mol. The molecule has 0 spiro atoms. The highest BCUT2D eigenvalue weighted by Gasteiger charge is 2.36. The van der Waals surface area contributed by atoms with E-state index in [1.807, 2.05) is 0 Å². The molecule has 4 atom stereocenters. The second kappa shape index (κ2) is 5.94. The van der Waals surface area contributed by atoms with Gasteiger partial charge in [-0.1, -0.05) is 12.8 Å². The van der Waals surface area contributed by atoms with Crippen molar-refractivity contribution in [1.82, 2.24) is 15.1 Å². The van der Waals surface area contributed by atoms with Gasteiger partial charge in [-0.05, 0) is 64.1 Å². The van der Waals surface area contributed by atoms with Gasteiger partial charge in [-0.25, -0.2) is 0 Å². The lowest BCUT2D eigenvalue weighted by Gasteiger charge is -2.28. The van der Waals surface area contributed by atoms with Crippen LogP contribution in [0.2, 0.25) is 0 Å². The highest BCUT2D eigenvalue weighted by atomic mass is 15.3. The van der Waals surface area contributed by atoms with Gasteiger partial charge in [0.25, 0.3) is 0 Å². The van der Waals surface area contributed by atoms with Crippen molar-refractivity contribution in [1.29, 1.82) is 0 Å².